The van der Waals surface area contributed by atoms with Crippen LogP contribution in [0.3, 0.4) is 0 Å². The van der Waals surface area contributed by atoms with E-state index in [9.17, 15) is 14.4 Å². The molecular formula is C32H30FN7O. The number of nitriles is 1. The molecule has 0 spiro atoms. The maximum atomic E-state index is 13.3. The van der Waals surface area contributed by atoms with Gasteiger partial charge in [-0.15, -0.1) is 0 Å². The summed E-state index contributed by atoms with van der Waals surface area (Å²) in [4.78, 5) is 28.9. The molecule has 0 bridgehead atoms. The van der Waals surface area contributed by atoms with Crippen LogP contribution in [-0.4, -0.2) is 47.1 Å². The van der Waals surface area contributed by atoms with E-state index in [0.717, 1.165) is 45.8 Å². The number of nitrogens with zero attached hydrogens (tertiary/aromatic N) is 5. The minimum atomic E-state index is -0.384. The molecule has 0 saturated heterocycles. The molecule has 1 aliphatic rings. The zero-order valence-corrected chi connectivity index (χ0v) is 23.1. The normalized spacial score (nSPS) is 12.8. The summed E-state index contributed by atoms with van der Waals surface area (Å²) >= 11 is 0. The van der Waals surface area contributed by atoms with Crippen LogP contribution in [-0.2, 0) is 13.1 Å². The molecule has 0 aliphatic carbocycles. The second kappa shape index (κ2) is 12.1. The van der Waals surface area contributed by atoms with Crippen LogP contribution >= 0.6 is 0 Å². The minimum absolute atomic E-state index is 0.258. The molecule has 2 N–H and O–H groups in total. The first-order valence-electron chi connectivity index (χ1n) is 13.3. The number of amides is 1. The Morgan fingerprint density at radius 3 is 2.51 bits per heavy atom. The van der Waals surface area contributed by atoms with Gasteiger partial charge in [0.15, 0.2) is 0 Å². The lowest BCUT2D eigenvalue weighted by atomic mass is 10.0. The van der Waals surface area contributed by atoms with Crippen molar-refractivity contribution in [3.8, 4) is 17.2 Å². The summed E-state index contributed by atoms with van der Waals surface area (Å²) in [5, 5.41) is 15.5. The van der Waals surface area contributed by atoms with Gasteiger partial charge in [-0.2, -0.15) is 5.26 Å². The Morgan fingerprint density at radius 1 is 1.05 bits per heavy atom. The largest absolute Gasteiger partial charge is 0.365 e. The van der Waals surface area contributed by atoms with Gasteiger partial charge in [0.1, 0.15) is 17.7 Å². The third kappa shape index (κ3) is 6.45. The van der Waals surface area contributed by atoms with Gasteiger partial charge in [-0.1, -0.05) is 36.4 Å². The number of likely N-dealkylation sites (N-methyl/N-ethyl adjacent to an activating group) is 1. The van der Waals surface area contributed by atoms with Crippen LogP contribution in [0, 0.1) is 17.1 Å². The first-order chi connectivity index (χ1) is 19.8. The number of carbonyl (C=O) groups excluding carboxylic acids is 1. The first-order valence-corrected chi connectivity index (χ1v) is 13.3. The van der Waals surface area contributed by atoms with E-state index in [4.69, 9.17) is 0 Å². The number of benzene rings is 2. The van der Waals surface area contributed by atoms with Crippen LogP contribution in [0.4, 0.5) is 10.2 Å². The van der Waals surface area contributed by atoms with Crippen molar-refractivity contribution in [3.63, 3.8) is 0 Å². The van der Waals surface area contributed by atoms with Crippen LogP contribution in [0.15, 0.2) is 78.0 Å². The zero-order valence-electron chi connectivity index (χ0n) is 23.1. The van der Waals surface area contributed by atoms with Crippen LogP contribution in [0.1, 0.15) is 51.3 Å². The van der Waals surface area contributed by atoms with Gasteiger partial charge >= 0.3 is 0 Å². The van der Waals surface area contributed by atoms with E-state index in [2.05, 4.69) is 36.6 Å². The molecule has 0 saturated carbocycles. The Kier molecular flexibility index (Phi) is 8.13. The molecule has 2 aromatic heterocycles. The highest BCUT2D eigenvalue weighted by atomic mass is 19.1. The van der Waals surface area contributed by atoms with Gasteiger partial charge in [0.2, 0.25) is 0 Å². The summed E-state index contributed by atoms with van der Waals surface area (Å²) in [5.74, 6) is -0.358. The maximum Gasteiger partial charge on any atom is 0.255 e. The molecule has 1 aliphatic heterocycles. The number of hydrogen-bond acceptors (Lipinski definition) is 7. The molecule has 0 radical (unpaired) electrons. The van der Waals surface area contributed by atoms with Crippen molar-refractivity contribution in [1.82, 2.24) is 20.2 Å². The molecule has 8 nitrogen and oxygen atoms in total. The second-order valence-electron chi connectivity index (χ2n) is 10.2. The lowest BCUT2D eigenvalue weighted by molar-refractivity contribution is 0.0940. The van der Waals surface area contributed by atoms with Gasteiger partial charge in [-0.05, 0) is 62.0 Å². The van der Waals surface area contributed by atoms with E-state index in [0.29, 0.717) is 18.9 Å². The number of rotatable bonds is 9. The fraction of sp³-hybridized carbons (Fsp3) is 0.219. The van der Waals surface area contributed by atoms with Crippen LogP contribution in [0.2, 0.25) is 0 Å². The molecule has 0 fully saturated rings. The third-order valence-corrected chi connectivity index (χ3v) is 6.89. The molecule has 206 valence electrons. The molecular weight excluding hydrogens is 517 g/mol. The summed E-state index contributed by atoms with van der Waals surface area (Å²) in [5.41, 5.74) is 7.54. The molecule has 1 atom stereocenters. The van der Waals surface area contributed by atoms with Crippen molar-refractivity contribution in [1.29, 1.82) is 5.26 Å². The Balaban J connectivity index is 1.28. The molecule has 41 heavy (non-hydrogen) atoms. The molecule has 3 heterocycles. The average molecular weight is 548 g/mol. The lowest BCUT2D eigenvalue weighted by Crippen LogP contribution is -2.28. The van der Waals surface area contributed by atoms with Gasteiger partial charge in [0.25, 0.3) is 5.91 Å². The van der Waals surface area contributed by atoms with Crippen molar-refractivity contribution in [3.05, 3.63) is 112 Å². The predicted octanol–water partition coefficient (Wildman–Crippen LogP) is 5.12. The molecule has 9 heteroatoms. The topological polar surface area (TPSA) is 106 Å². The van der Waals surface area contributed by atoms with E-state index in [-0.39, 0.29) is 28.9 Å². The summed E-state index contributed by atoms with van der Waals surface area (Å²) in [6, 6.07) is 19.4. The van der Waals surface area contributed by atoms with Gasteiger partial charge in [-0.3, -0.25) is 14.8 Å². The highest BCUT2D eigenvalue weighted by Crippen LogP contribution is 2.26. The molecule has 5 rings (SSSR count). The smallest absolute Gasteiger partial charge is 0.255 e. The van der Waals surface area contributed by atoms with Gasteiger partial charge < -0.3 is 15.5 Å². The van der Waals surface area contributed by atoms with Gasteiger partial charge in [-0.25, -0.2) is 9.37 Å². The minimum Gasteiger partial charge on any atom is -0.365 e. The predicted molar refractivity (Wildman–Crippen MR) is 157 cm³/mol. The van der Waals surface area contributed by atoms with E-state index in [1.807, 2.05) is 57.6 Å². The van der Waals surface area contributed by atoms with Crippen LogP contribution in [0.25, 0.3) is 11.1 Å². The van der Waals surface area contributed by atoms with Gasteiger partial charge in [0.05, 0.1) is 35.1 Å². The molecule has 0 unspecified atom stereocenters. The summed E-state index contributed by atoms with van der Waals surface area (Å²) < 4.78 is 13.3. The quantitative estimate of drug-likeness (QED) is 0.301. The van der Waals surface area contributed by atoms with Crippen molar-refractivity contribution in [2.75, 3.05) is 26.0 Å². The molecule has 1 amide bonds. The van der Waals surface area contributed by atoms with Crippen molar-refractivity contribution >= 4 is 17.4 Å². The average Bonchev–Trinajstić information content (AvgIpc) is 3.37. The zero-order chi connectivity index (χ0) is 28.9. The number of pyridine rings is 2. The van der Waals surface area contributed by atoms with Crippen molar-refractivity contribution < 1.29 is 9.18 Å². The Labute approximate surface area is 238 Å². The maximum absolute atomic E-state index is 13.3. The Morgan fingerprint density at radius 2 is 1.80 bits per heavy atom. The summed E-state index contributed by atoms with van der Waals surface area (Å²) in [6.07, 6.45) is 3.32. The molecule has 4 aromatic rings. The van der Waals surface area contributed by atoms with E-state index in [1.54, 1.807) is 12.1 Å². The lowest BCUT2D eigenvalue weighted by Gasteiger charge is -2.16. The SMILES string of the molecule is C[C@H](NC(=O)c1cc(C#N)cnc1NCc1ccc(-c2cnc3c(c2)C(CN(C)C)=NC3)cc1)c1ccc(F)cc1. The van der Waals surface area contributed by atoms with E-state index in [1.165, 1.54) is 24.4 Å². The summed E-state index contributed by atoms with van der Waals surface area (Å²) in [7, 11) is 4.06. The number of halogens is 1. The van der Waals surface area contributed by atoms with Crippen molar-refractivity contribution in [2.24, 2.45) is 4.99 Å². The highest BCUT2D eigenvalue weighted by Gasteiger charge is 2.19. The summed E-state index contributed by atoms with van der Waals surface area (Å²) in [6.45, 7) is 3.64. The van der Waals surface area contributed by atoms with Gasteiger partial charge in [0, 0.05) is 36.6 Å². The van der Waals surface area contributed by atoms with Crippen LogP contribution < -0.4 is 10.6 Å². The fourth-order valence-corrected chi connectivity index (χ4v) is 4.67. The number of aliphatic imine (C=N–C) groups is 1. The highest BCUT2D eigenvalue weighted by molar-refractivity contribution is 6.05. The third-order valence-electron chi connectivity index (χ3n) is 6.89. The Hall–Kier alpha value is -4.94. The van der Waals surface area contributed by atoms with E-state index >= 15 is 0 Å². The fourth-order valence-electron chi connectivity index (χ4n) is 4.67. The standard InChI is InChI=1S/C32H30FN7O/c1-20(23-8-10-26(33)11-9-23)39-32(41)28-12-22(14-34)16-38-31(28)37-15-21-4-6-24(7-5-21)25-13-27-29(35-17-25)18-36-30(27)19-40(2)3/h4-13,16-17,20H,15,18-19H2,1-3H3,(H,37,38)(H,39,41)/t20-/m0/s1. The number of aromatic nitrogens is 2. The van der Waals surface area contributed by atoms with Crippen molar-refractivity contribution in [2.45, 2.75) is 26.1 Å². The second-order valence-corrected chi connectivity index (χ2v) is 10.2. The number of carbonyl (C=O) groups is 1. The monoisotopic (exact) mass is 547 g/mol. The number of anilines is 1. The number of nitrogens with one attached hydrogen (secondary N) is 2. The molecule has 2 aromatic carbocycles. The Bertz CT molecular complexity index is 1640. The number of fused-ring (bicyclic) bond motifs is 1. The number of hydrogen-bond donors (Lipinski definition) is 2. The first kappa shape index (κ1) is 27.6. The van der Waals surface area contributed by atoms with E-state index < -0.39 is 0 Å². The van der Waals surface area contributed by atoms with Crippen LogP contribution in [0.5, 0.6) is 0 Å².